The van der Waals surface area contributed by atoms with Gasteiger partial charge in [0, 0.05) is 26.1 Å². The average molecular weight is 346 g/mol. The molecule has 0 saturated carbocycles. The van der Waals surface area contributed by atoms with E-state index in [0.29, 0.717) is 26.1 Å². The first-order valence-electron chi connectivity index (χ1n) is 9.29. The van der Waals surface area contributed by atoms with Gasteiger partial charge in [0.15, 0.2) is 0 Å². The molecule has 2 rings (SSSR count). The van der Waals surface area contributed by atoms with Gasteiger partial charge in [0.1, 0.15) is 5.75 Å². The van der Waals surface area contributed by atoms with E-state index in [0.717, 1.165) is 24.2 Å². The van der Waals surface area contributed by atoms with E-state index >= 15 is 0 Å². The van der Waals surface area contributed by atoms with Crippen molar-refractivity contribution < 1.29 is 14.3 Å². The first-order valence-corrected chi connectivity index (χ1v) is 9.29. The molecule has 1 aliphatic heterocycles. The molecule has 1 fully saturated rings. The summed E-state index contributed by atoms with van der Waals surface area (Å²) in [5, 5.41) is 0. The topological polar surface area (TPSA) is 49.9 Å². The Hall–Kier alpha value is -2.04. The molecule has 0 aromatic heterocycles. The Morgan fingerprint density at radius 1 is 1.20 bits per heavy atom. The molecule has 1 aromatic carbocycles. The highest BCUT2D eigenvalue weighted by atomic mass is 16.5. The molecule has 2 atom stereocenters. The first-order chi connectivity index (χ1) is 12.1. The third-order valence-corrected chi connectivity index (χ3v) is 5.03. The quantitative estimate of drug-likeness (QED) is 0.726. The van der Waals surface area contributed by atoms with Gasteiger partial charge in [-0.05, 0) is 38.0 Å². The highest BCUT2D eigenvalue weighted by molar-refractivity contribution is 5.90. The molecule has 1 saturated heterocycles. The van der Waals surface area contributed by atoms with Crippen LogP contribution in [0.5, 0.6) is 5.75 Å². The Labute approximate surface area is 150 Å². The summed E-state index contributed by atoms with van der Waals surface area (Å²) < 4.78 is 5.24. The third kappa shape index (κ3) is 4.14. The van der Waals surface area contributed by atoms with Crippen LogP contribution in [0.15, 0.2) is 24.3 Å². The molecule has 5 nitrogen and oxygen atoms in total. The standard InChI is InChI=1S/C20H30N2O3/c1-5-8-13-22-18(23)14-17(20(24)21(6-2)7-3)19(22)15-9-11-16(25-4)12-10-15/h9-12,17,19H,5-8,13-14H2,1-4H3/t17-,19-/m0/s1. The van der Waals surface area contributed by atoms with Crippen LogP contribution in [0.1, 0.15) is 51.6 Å². The van der Waals surface area contributed by atoms with Crippen LogP contribution in [0, 0.1) is 5.92 Å². The van der Waals surface area contributed by atoms with Gasteiger partial charge in [0.25, 0.3) is 0 Å². The van der Waals surface area contributed by atoms with Crippen molar-refractivity contribution in [3.63, 3.8) is 0 Å². The van der Waals surface area contributed by atoms with Crippen LogP contribution in [-0.4, -0.2) is 48.4 Å². The Morgan fingerprint density at radius 2 is 1.84 bits per heavy atom. The molecule has 5 heteroatoms. The summed E-state index contributed by atoms with van der Waals surface area (Å²) in [6, 6.07) is 7.56. The van der Waals surface area contributed by atoms with Crippen molar-refractivity contribution in [1.29, 1.82) is 0 Å². The lowest BCUT2D eigenvalue weighted by atomic mass is 9.92. The molecule has 1 aliphatic rings. The summed E-state index contributed by atoms with van der Waals surface area (Å²) in [7, 11) is 1.63. The highest BCUT2D eigenvalue weighted by Gasteiger charge is 2.45. The zero-order chi connectivity index (χ0) is 18.4. The minimum Gasteiger partial charge on any atom is -0.497 e. The number of rotatable bonds is 8. The normalized spacial score (nSPS) is 20.0. The van der Waals surface area contributed by atoms with E-state index in [1.165, 1.54) is 0 Å². The van der Waals surface area contributed by atoms with Gasteiger partial charge < -0.3 is 14.5 Å². The lowest BCUT2D eigenvalue weighted by Crippen LogP contribution is -2.39. The number of carbonyl (C=O) groups is 2. The van der Waals surface area contributed by atoms with Crippen LogP contribution in [0.4, 0.5) is 0 Å². The molecule has 0 bridgehead atoms. The van der Waals surface area contributed by atoms with Crippen molar-refractivity contribution in [3.8, 4) is 5.75 Å². The van der Waals surface area contributed by atoms with Crippen molar-refractivity contribution in [1.82, 2.24) is 9.80 Å². The molecule has 0 aliphatic carbocycles. The van der Waals surface area contributed by atoms with Crippen LogP contribution < -0.4 is 4.74 Å². The van der Waals surface area contributed by atoms with Gasteiger partial charge in [-0.2, -0.15) is 0 Å². The minimum absolute atomic E-state index is 0.0816. The molecule has 138 valence electrons. The Bertz CT molecular complexity index is 581. The van der Waals surface area contributed by atoms with Crippen LogP contribution in [-0.2, 0) is 9.59 Å². The lowest BCUT2D eigenvalue weighted by molar-refractivity contribution is -0.136. The molecule has 0 radical (unpaired) electrons. The molecule has 1 aromatic rings. The summed E-state index contributed by atoms with van der Waals surface area (Å²) in [6.45, 7) is 8.12. The molecular weight excluding hydrogens is 316 g/mol. The maximum Gasteiger partial charge on any atom is 0.228 e. The molecule has 2 amide bonds. The van der Waals surface area contributed by atoms with E-state index in [-0.39, 0.29) is 23.8 Å². The van der Waals surface area contributed by atoms with Crippen LogP contribution in [0.2, 0.25) is 0 Å². The average Bonchev–Trinajstić information content (AvgIpc) is 2.97. The van der Waals surface area contributed by atoms with Gasteiger partial charge in [0.05, 0.1) is 19.1 Å². The van der Waals surface area contributed by atoms with Gasteiger partial charge in [-0.15, -0.1) is 0 Å². The summed E-state index contributed by atoms with van der Waals surface area (Å²) in [6.07, 6.45) is 2.27. The van der Waals surface area contributed by atoms with Crippen molar-refractivity contribution in [2.24, 2.45) is 5.92 Å². The second kappa shape index (κ2) is 8.88. The van der Waals surface area contributed by atoms with Gasteiger partial charge in [0.2, 0.25) is 11.8 Å². The highest BCUT2D eigenvalue weighted by Crippen LogP contribution is 2.39. The van der Waals surface area contributed by atoms with Gasteiger partial charge in [-0.1, -0.05) is 25.5 Å². The van der Waals surface area contributed by atoms with E-state index in [4.69, 9.17) is 4.74 Å². The number of amides is 2. The first kappa shape index (κ1) is 19.3. The van der Waals surface area contributed by atoms with E-state index < -0.39 is 0 Å². The molecule has 0 N–H and O–H groups in total. The Kier molecular flexibility index (Phi) is 6.85. The third-order valence-electron chi connectivity index (χ3n) is 5.03. The Balaban J connectivity index is 2.35. The second-order valence-corrected chi connectivity index (χ2v) is 6.48. The van der Waals surface area contributed by atoms with Crippen LogP contribution in [0.3, 0.4) is 0 Å². The second-order valence-electron chi connectivity index (χ2n) is 6.48. The van der Waals surface area contributed by atoms with E-state index in [9.17, 15) is 9.59 Å². The number of methoxy groups -OCH3 is 1. The number of nitrogens with zero attached hydrogens (tertiary/aromatic N) is 2. The van der Waals surface area contributed by atoms with Crippen LogP contribution >= 0.6 is 0 Å². The minimum atomic E-state index is -0.308. The molecule has 0 spiro atoms. The number of hydrogen-bond acceptors (Lipinski definition) is 3. The molecule has 1 heterocycles. The summed E-state index contributed by atoms with van der Waals surface area (Å²) in [4.78, 5) is 29.4. The summed E-state index contributed by atoms with van der Waals surface area (Å²) >= 11 is 0. The molecule has 25 heavy (non-hydrogen) atoms. The zero-order valence-electron chi connectivity index (χ0n) is 15.8. The SMILES string of the molecule is CCCCN1C(=O)C[C@H](C(=O)N(CC)CC)[C@@H]1c1ccc(OC)cc1. The fraction of sp³-hybridized carbons (Fsp3) is 0.600. The zero-order valence-corrected chi connectivity index (χ0v) is 15.8. The van der Waals surface area contributed by atoms with E-state index in [1.807, 2.05) is 47.9 Å². The van der Waals surface area contributed by atoms with Crippen molar-refractivity contribution in [2.45, 2.75) is 46.1 Å². The number of carbonyl (C=O) groups excluding carboxylic acids is 2. The number of unbranched alkanes of at least 4 members (excludes halogenated alkanes) is 1. The van der Waals surface area contributed by atoms with E-state index in [2.05, 4.69) is 6.92 Å². The van der Waals surface area contributed by atoms with Crippen LogP contribution in [0.25, 0.3) is 0 Å². The van der Waals surface area contributed by atoms with Gasteiger partial charge in [-0.3, -0.25) is 9.59 Å². The van der Waals surface area contributed by atoms with E-state index in [1.54, 1.807) is 7.11 Å². The van der Waals surface area contributed by atoms with Gasteiger partial charge >= 0.3 is 0 Å². The number of hydrogen-bond donors (Lipinski definition) is 0. The van der Waals surface area contributed by atoms with Crippen molar-refractivity contribution >= 4 is 11.8 Å². The van der Waals surface area contributed by atoms with Crippen molar-refractivity contribution in [2.75, 3.05) is 26.7 Å². The summed E-state index contributed by atoms with van der Waals surface area (Å²) in [5.74, 6) is 0.635. The largest absolute Gasteiger partial charge is 0.497 e. The fourth-order valence-electron chi connectivity index (χ4n) is 3.59. The van der Waals surface area contributed by atoms with Crippen molar-refractivity contribution in [3.05, 3.63) is 29.8 Å². The fourth-order valence-corrected chi connectivity index (χ4v) is 3.59. The predicted molar refractivity (Wildman–Crippen MR) is 98.4 cm³/mol. The predicted octanol–water partition coefficient (Wildman–Crippen LogP) is 3.25. The monoisotopic (exact) mass is 346 g/mol. The summed E-state index contributed by atoms with van der Waals surface area (Å²) in [5.41, 5.74) is 1.01. The smallest absolute Gasteiger partial charge is 0.228 e. The Morgan fingerprint density at radius 3 is 2.36 bits per heavy atom. The van der Waals surface area contributed by atoms with Gasteiger partial charge in [-0.25, -0.2) is 0 Å². The lowest BCUT2D eigenvalue weighted by Gasteiger charge is -2.31. The maximum absolute atomic E-state index is 13.0. The molecule has 0 unspecified atom stereocenters. The molecular formula is C20H30N2O3. The maximum atomic E-state index is 13.0. The number of benzene rings is 1. The number of ether oxygens (including phenoxy) is 1. The number of likely N-dealkylation sites (tertiary alicyclic amines) is 1.